The van der Waals surface area contributed by atoms with E-state index in [1.807, 2.05) is 76.8 Å². The summed E-state index contributed by atoms with van der Waals surface area (Å²) in [4.78, 5) is 85.2. The molecule has 1 aromatic carbocycles. The van der Waals surface area contributed by atoms with E-state index in [9.17, 15) is 28.8 Å². The van der Waals surface area contributed by atoms with Gasteiger partial charge in [0.05, 0.1) is 49.8 Å². The molecule has 0 aliphatic carbocycles. The van der Waals surface area contributed by atoms with E-state index in [0.29, 0.717) is 38.8 Å². The van der Waals surface area contributed by atoms with Gasteiger partial charge in [0.2, 0.25) is 23.6 Å². The summed E-state index contributed by atoms with van der Waals surface area (Å²) in [6.45, 7) is 14.2. The zero-order valence-electron chi connectivity index (χ0n) is 37.6. The van der Waals surface area contributed by atoms with Gasteiger partial charge in [-0.25, -0.2) is 4.79 Å². The summed E-state index contributed by atoms with van der Waals surface area (Å²) in [6.07, 6.45) is 1.23. The van der Waals surface area contributed by atoms with E-state index in [-0.39, 0.29) is 54.7 Å². The van der Waals surface area contributed by atoms with Gasteiger partial charge in [0.25, 0.3) is 0 Å². The van der Waals surface area contributed by atoms with Gasteiger partial charge >= 0.3 is 11.9 Å². The van der Waals surface area contributed by atoms with Gasteiger partial charge in [0, 0.05) is 40.7 Å². The Hall–Kier alpha value is -4.08. The Balaban J connectivity index is 2.28. The number of esters is 1. The molecule has 0 radical (unpaired) electrons. The number of carbonyl (C=O) groups excluding carboxylic acids is 5. The number of ether oxygens (including phenoxy) is 3. The highest BCUT2D eigenvalue weighted by atomic mass is 16.5. The first kappa shape index (κ1) is 51.1. The number of likely N-dealkylation sites (N-methyl/N-ethyl adjacent to an activating group) is 2. The van der Waals surface area contributed by atoms with Crippen LogP contribution >= 0.6 is 0 Å². The topological polar surface area (TPSA) is 184 Å². The maximum Gasteiger partial charge on any atom is 0.328 e. The maximum absolute atomic E-state index is 14.4. The number of aliphatic carboxylic acids is 1. The number of benzene rings is 1. The first-order valence-electron chi connectivity index (χ1n) is 21.1. The number of nitrogens with one attached hydrogen (secondary N) is 2. The Morgan fingerprint density at radius 2 is 1.54 bits per heavy atom. The van der Waals surface area contributed by atoms with Crippen LogP contribution in [-0.4, -0.2) is 146 Å². The number of hydrogen-bond donors (Lipinski definition) is 3. The molecule has 9 atom stereocenters. The van der Waals surface area contributed by atoms with Gasteiger partial charge in [0.15, 0.2) is 0 Å². The van der Waals surface area contributed by atoms with Crippen molar-refractivity contribution >= 4 is 35.6 Å². The standard InChI is InChI=1S/C44H73N5O10/c1-13-29(6)39(48(9)43(55)37(27(2)3)46-42(54)38(28(4)5)47(8)23-18-22-36(51)52)34(57-10)26-35(50)49-24-17-21-33(49)40(58-11)30(7)41(53)45-32(44(56)59-12)25-31-19-15-14-16-20-31/h14-16,19-20,27-30,32-34,37-40H,13,17-18,21-26H2,1-12H3,(H,45,53)(H,46,54)(H,51,52). The molecule has 0 spiro atoms. The Bertz CT molecular complexity index is 1510. The van der Waals surface area contributed by atoms with E-state index in [1.54, 1.807) is 30.8 Å². The summed E-state index contributed by atoms with van der Waals surface area (Å²) in [5.41, 5.74) is 0.862. The number of nitrogens with zero attached hydrogens (tertiary/aromatic N) is 3. The first-order chi connectivity index (χ1) is 27.8. The van der Waals surface area contributed by atoms with E-state index < -0.39 is 66.2 Å². The van der Waals surface area contributed by atoms with Crippen LogP contribution in [0.1, 0.15) is 92.6 Å². The molecular formula is C44H73N5O10. The molecule has 1 saturated heterocycles. The highest BCUT2D eigenvalue weighted by molar-refractivity contribution is 5.90. The van der Waals surface area contributed by atoms with Crippen molar-refractivity contribution in [2.24, 2.45) is 23.7 Å². The van der Waals surface area contributed by atoms with Gasteiger partial charge in [-0.1, -0.05) is 85.2 Å². The summed E-state index contributed by atoms with van der Waals surface area (Å²) in [5, 5.41) is 15.0. The molecular weight excluding hydrogens is 759 g/mol. The lowest BCUT2D eigenvalue weighted by atomic mass is 9.89. The Kier molecular flexibility index (Phi) is 21.5. The largest absolute Gasteiger partial charge is 0.481 e. The number of rotatable bonds is 25. The zero-order chi connectivity index (χ0) is 44.6. The van der Waals surface area contributed by atoms with Gasteiger partial charge < -0.3 is 39.8 Å². The molecule has 15 nitrogen and oxygen atoms in total. The fraction of sp³-hybridized carbons (Fsp3) is 0.727. The lowest BCUT2D eigenvalue weighted by molar-refractivity contribution is -0.149. The number of amides is 4. The molecule has 0 bridgehead atoms. The van der Waals surface area contributed by atoms with Gasteiger partial charge in [-0.3, -0.25) is 28.9 Å². The molecule has 1 fully saturated rings. The number of likely N-dealkylation sites (tertiary alicyclic amines) is 1. The van der Waals surface area contributed by atoms with Crippen LogP contribution in [0.15, 0.2) is 30.3 Å². The van der Waals surface area contributed by atoms with E-state index in [2.05, 4.69) is 10.6 Å². The fourth-order valence-electron chi connectivity index (χ4n) is 8.40. The van der Waals surface area contributed by atoms with Gasteiger partial charge in [0.1, 0.15) is 12.1 Å². The Morgan fingerprint density at radius 3 is 2.07 bits per heavy atom. The molecule has 0 aromatic heterocycles. The first-order valence-corrected chi connectivity index (χ1v) is 21.1. The number of hydrogen-bond acceptors (Lipinski definition) is 10. The molecule has 0 saturated carbocycles. The van der Waals surface area contributed by atoms with Crippen molar-refractivity contribution in [2.45, 2.75) is 136 Å². The third kappa shape index (κ3) is 14.6. The van der Waals surface area contributed by atoms with Crippen molar-refractivity contribution in [3.05, 3.63) is 35.9 Å². The van der Waals surface area contributed by atoms with Crippen molar-refractivity contribution in [3.8, 4) is 0 Å². The van der Waals surface area contributed by atoms with Crippen molar-refractivity contribution in [3.63, 3.8) is 0 Å². The summed E-state index contributed by atoms with van der Waals surface area (Å²) in [7, 11) is 7.79. The summed E-state index contributed by atoms with van der Waals surface area (Å²) in [6, 6.07) is 6.02. The average Bonchev–Trinajstić information content (AvgIpc) is 3.68. The summed E-state index contributed by atoms with van der Waals surface area (Å²) >= 11 is 0. The minimum Gasteiger partial charge on any atom is -0.481 e. The van der Waals surface area contributed by atoms with Crippen LogP contribution in [0, 0.1) is 23.7 Å². The van der Waals surface area contributed by atoms with Crippen LogP contribution in [0.25, 0.3) is 0 Å². The molecule has 1 aliphatic rings. The van der Waals surface area contributed by atoms with E-state index >= 15 is 0 Å². The van der Waals surface area contributed by atoms with Gasteiger partial charge in [-0.15, -0.1) is 0 Å². The minimum atomic E-state index is -0.909. The highest BCUT2D eigenvalue weighted by Crippen LogP contribution is 2.30. The number of carbonyl (C=O) groups is 6. The van der Waals surface area contributed by atoms with Crippen molar-refractivity contribution in [1.29, 1.82) is 0 Å². The molecule has 4 amide bonds. The predicted molar refractivity (Wildman–Crippen MR) is 225 cm³/mol. The third-order valence-electron chi connectivity index (χ3n) is 11.9. The highest BCUT2D eigenvalue weighted by Gasteiger charge is 2.43. The fourth-order valence-corrected chi connectivity index (χ4v) is 8.40. The SMILES string of the molecule is CCC(C)C(C(CC(=O)N1CCCC1C(OC)C(C)C(=O)NC(Cc1ccccc1)C(=O)OC)OC)N(C)C(=O)C(NC(=O)C(C(C)C)N(C)CCCC(=O)O)C(C)C. The van der Waals surface area contributed by atoms with Crippen molar-refractivity contribution in [2.75, 3.05) is 48.5 Å². The lowest BCUT2D eigenvalue weighted by Gasteiger charge is -2.41. The van der Waals surface area contributed by atoms with Crippen LogP contribution in [0.3, 0.4) is 0 Å². The van der Waals surface area contributed by atoms with Gasteiger partial charge in [-0.2, -0.15) is 0 Å². The maximum atomic E-state index is 14.4. The molecule has 334 valence electrons. The summed E-state index contributed by atoms with van der Waals surface area (Å²) in [5.74, 6) is -3.86. The molecule has 15 heteroatoms. The van der Waals surface area contributed by atoms with Crippen LogP contribution in [-0.2, 0) is 49.4 Å². The quantitative estimate of drug-likeness (QED) is 0.122. The van der Waals surface area contributed by atoms with Crippen LogP contribution < -0.4 is 10.6 Å². The molecule has 1 aliphatic heterocycles. The van der Waals surface area contributed by atoms with Gasteiger partial charge in [-0.05, 0) is 56.2 Å². The second-order valence-corrected chi connectivity index (χ2v) is 16.8. The Labute approximate surface area is 352 Å². The van der Waals surface area contributed by atoms with Crippen LogP contribution in [0.5, 0.6) is 0 Å². The molecule has 3 N–H and O–H groups in total. The molecule has 1 aromatic rings. The molecule has 59 heavy (non-hydrogen) atoms. The normalized spacial score (nSPS) is 18.4. The second kappa shape index (κ2) is 24.9. The second-order valence-electron chi connectivity index (χ2n) is 16.8. The number of carboxylic acids is 1. The van der Waals surface area contributed by atoms with E-state index in [4.69, 9.17) is 19.3 Å². The predicted octanol–water partition coefficient (Wildman–Crippen LogP) is 3.77. The molecule has 1 heterocycles. The van der Waals surface area contributed by atoms with Crippen LogP contribution in [0.4, 0.5) is 0 Å². The van der Waals surface area contributed by atoms with Crippen molar-refractivity contribution < 1.29 is 48.1 Å². The molecule has 9 unspecified atom stereocenters. The monoisotopic (exact) mass is 832 g/mol. The Morgan fingerprint density at radius 1 is 0.898 bits per heavy atom. The molecule has 2 rings (SSSR count). The zero-order valence-corrected chi connectivity index (χ0v) is 37.6. The summed E-state index contributed by atoms with van der Waals surface area (Å²) < 4.78 is 17.0. The average molecular weight is 832 g/mol. The smallest absolute Gasteiger partial charge is 0.328 e. The van der Waals surface area contributed by atoms with E-state index in [0.717, 1.165) is 5.56 Å². The minimum absolute atomic E-state index is 0.00899. The number of methoxy groups -OCH3 is 3. The van der Waals surface area contributed by atoms with Crippen LogP contribution in [0.2, 0.25) is 0 Å². The van der Waals surface area contributed by atoms with E-state index in [1.165, 1.54) is 21.3 Å². The third-order valence-corrected chi connectivity index (χ3v) is 11.9. The number of carboxylic acid groups (broad SMARTS) is 1. The lowest BCUT2D eigenvalue weighted by Crippen LogP contribution is -2.60. The van der Waals surface area contributed by atoms with Crippen molar-refractivity contribution in [1.82, 2.24) is 25.3 Å².